The van der Waals surface area contributed by atoms with Gasteiger partial charge in [-0.05, 0) is 0 Å². The fourth-order valence-corrected chi connectivity index (χ4v) is 1.15. The fraction of sp³-hybridized carbons (Fsp3) is 0.250. The minimum absolute atomic E-state index is 0.173. The molecule has 5 N–H and O–H groups in total. The highest BCUT2D eigenvalue weighted by atomic mass is 32.2. The zero-order chi connectivity index (χ0) is 8.97. The van der Waals surface area contributed by atoms with Crippen molar-refractivity contribution in [1.82, 2.24) is 20.3 Å². The van der Waals surface area contributed by atoms with E-state index in [1.807, 2.05) is 5.43 Å². The standard InChI is InChI=1S/C4H8N6OS/c5-8-3(11)1-12-4-9-7-2-10(4)6/h2H,1,5-6H2,(H,8,11). The smallest absolute Gasteiger partial charge is 0.244 e. The monoisotopic (exact) mass is 188 g/mol. The number of amides is 1. The molecule has 66 valence electrons. The van der Waals surface area contributed by atoms with Crippen LogP contribution in [-0.2, 0) is 4.79 Å². The summed E-state index contributed by atoms with van der Waals surface area (Å²) in [6.07, 6.45) is 1.35. The average molecular weight is 188 g/mol. The summed E-state index contributed by atoms with van der Waals surface area (Å²) in [7, 11) is 0. The summed E-state index contributed by atoms with van der Waals surface area (Å²) in [5.41, 5.74) is 1.99. The molecule has 0 radical (unpaired) electrons. The zero-order valence-electron chi connectivity index (χ0n) is 6.10. The molecule has 1 aromatic rings. The number of nitrogens with one attached hydrogen (secondary N) is 1. The van der Waals surface area contributed by atoms with E-state index in [0.717, 1.165) is 11.8 Å². The Morgan fingerprint density at radius 3 is 3.08 bits per heavy atom. The Morgan fingerprint density at radius 1 is 1.83 bits per heavy atom. The van der Waals surface area contributed by atoms with E-state index in [4.69, 9.17) is 11.7 Å². The largest absolute Gasteiger partial charge is 0.336 e. The minimum Gasteiger partial charge on any atom is -0.336 e. The second-order valence-electron chi connectivity index (χ2n) is 1.88. The van der Waals surface area contributed by atoms with Crippen LogP contribution in [0.2, 0.25) is 0 Å². The Hall–Kier alpha value is -1.28. The van der Waals surface area contributed by atoms with Crippen molar-refractivity contribution in [2.24, 2.45) is 5.84 Å². The summed E-state index contributed by atoms with van der Waals surface area (Å²) in [5, 5.41) is 7.65. The molecule has 0 unspecified atom stereocenters. The van der Waals surface area contributed by atoms with Gasteiger partial charge in [-0.2, -0.15) is 0 Å². The lowest BCUT2D eigenvalue weighted by Crippen LogP contribution is -2.31. The van der Waals surface area contributed by atoms with Crippen molar-refractivity contribution >= 4 is 17.7 Å². The van der Waals surface area contributed by atoms with E-state index in [1.165, 1.54) is 11.0 Å². The molecule has 0 saturated carbocycles. The number of nitrogen functional groups attached to an aromatic ring is 1. The number of rotatable bonds is 3. The molecule has 7 nitrogen and oxygen atoms in total. The summed E-state index contributed by atoms with van der Waals surface area (Å²) >= 11 is 1.16. The van der Waals surface area contributed by atoms with E-state index in [9.17, 15) is 4.79 Å². The van der Waals surface area contributed by atoms with Gasteiger partial charge in [0, 0.05) is 0 Å². The number of nitrogens with two attached hydrogens (primary N) is 2. The van der Waals surface area contributed by atoms with Crippen LogP contribution in [0.25, 0.3) is 0 Å². The van der Waals surface area contributed by atoms with Gasteiger partial charge >= 0.3 is 0 Å². The molecule has 0 spiro atoms. The zero-order valence-corrected chi connectivity index (χ0v) is 6.91. The maximum Gasteiger partial charge on any atom is 0.244 e. The van der Waals surface area contributed by atoms with Crippen molar-refractivity contribution in [1.29, 1.82) is 0 Å². The van der Waals surface area contributed by atoms with Crippen molar-refractivity contribution in [3.63, 3.8) is 0 Å². The lowest BCUT2D eigenvalue weighted by atomic mass is 10.8. The van der Waals surface area contributed by atoms with Gasteiger partial charge in [0.05, 0.1) is 5.75 Å². The van der Waals surface area contributed by atoms with Gasteiger partial charge in [0.1, 0.15) is 6.33 Å². The van der Waals surface area contributed by atoms with E-state index in [0.29, 0.717) is 5.16 Å². The Morgan fingerprint density at radius 2 is 2.58 bits per heavy atom. The molecule has 0 fully saturated rings. The third kappa shape index (κ3) is 2.10. The molecule has 1 aromatic heterocycles. The van der Waals surface area contributed by atoms with Crippen molar-refractivity contribution in [3.8, 4) is 0 Å². The second-order valence-corrected chi connectivity index (χ2v) is 2.82. The number of hydrazine groups is 1. The number of thioether (sulfide) groups is 1. The molecule has 0 aliphatic carbocycles. The van der Waals surface area contributed by atoms with Gasteiger partial charge < -0.3 is 5.84 Å². The molecule has 0 aliphatic heterocycles. The van der Waals surface area contributed by atoms with Crippen LogP contribution in [0.3, 0.4) is 0 Å². The highest BCUT2D eigenvalue weighted by Gasteiger charge is 2.04. The van der Waals surface area contributed by atoms with E-state index in [2.05, 4.69) is 10.2 Å². The van der Waals surface area contributed by atoms with Crippen molar-refractivity contribution in [3.05, 3.63) is 6.33 Å². The molecule has 0 bridgehead atoms. The first-order chi connectivity index (χ1) is 5.74. The van der Waals surface area contributed by atoms with Gasteiger partial charge in [-0.25, -0.2) is 10.5 Å². The Labute approximate surface area is 72.4 Å². The van der Waals surface area contributed by atoms with Crippen molar-refractivity contribution < 1.29 is 4.79 Å². The number of hydrogen-bond acceptors (Lipinski definition) is 6. The summed E-state index contributed by atoms with van der Waals surface area (Å²) in [5.74, 6) is 10.1. The van der Waals surface area contributed by atoms with Gasteiger partial charge in [-0.3, -0.25) is 10.2 Å². The van der Waals surface area contributed by atoms with Crippen LogP contribution in [0, 0.1) is 0 Å². The van der Waals surface area contributed by atoms with Gasteiger partial charge in [-0.15, -0.1) is 10.2 Å². The molecule has 0 saturated heterocycles. The Balaban J connectivity index is 2.43. The first-order valence-electron chi connectivity index (χ1n) is 3.01. The minimum atomic E-state index is -0.289. The number of nitrogens with zero attached hydrogens (tertiary/aromatic N) is 3. The third-order valence-electron chi connectivity index (χ3n) is 1.03. The normalized spacial score (nSPS) is 9.75. The molecule has 0 aliphatic rings. The Bertz CT molecular complexity index is 272. The number of carbonyl (C=O) groups excluding carboxylic acids is 1. The predicted octanol–water partition coefficient (Wildman–Crippen LogP) is -1.93. The van der Waals surface area contributed by atoms with Crippen LogP contribution < -0.4 is 17.1 Å². The highest BCUT2D eigenvalue weighted by Crippen LogP contribution is 2.10. The number of carbonyl (C=O) groups is 1. The molecule has 8 heteroatoms. The van der Waals surface area contributed by atoms with E-state index in [-0.39, 0.29) is 11.7 Å². The topological polar surface area (TPSA) is 112 Å². The first-order valence-corrected chi connectivity index (χ1v) is 4.00. The maximum absolute atomic E-state index is 10.7. The summed E-state index contributed by atoms with van der Waals surface area (Å²) in [6, 6.07) is 0. The summed E-state index contributed by atoms with van der Waals surface area (Å²) in [6.45, 7) is 0. The third-order valence-corrected chi connectivity index (χ3v) is 1.99. The average Bonchev–Trinajstić information content (AvgIpc) is 2.47. The van der Waals surface area contributed by atoms with Crippen molar-refractivity contribution in [2.45, 2.75) is 5.16 Å². The first kappa shape index (κ1) is 8.81. The van der Waals surface area contributed by atoms with Gasteiger partial charge in [0.25, 0.3) is 0 Å². The van der Waals surface area contributed by atoms with Crippen LogP contribution in [0.4, 0.5) is 0 Å². The van der Waals surface area contributed by atoms with Crippen LogP contribution in [0.1, 0.15) is 0 Å². The molecule has 12 heavy (non-hydrogen) atoms. The van der Waals surface area contributed by atoms with E-state index < -0.39 is 0 Å². The molecule has 1 heterocycles. The van der Waals surface area contributed by atoms with E-state index in [1.54, 1.807) is 0 Å². The second kappa shape index (κ2) is 3.93. The van der Waals surface area contributed by atoms with Gasteiger partial charge in [-0.1, -0.05) is 11.8 Å². The Kier molecular flexibility index (Phi) is 2.88. The SMILES string of the molecule is NNC(=O)CSc1nncn1N. The summed E-state index contributed by atoms with van der Waals surface area (Å²) in [4.78, 5) is 10.7. The lowest BCUT2D eigenvalue weighted by molar-refractivity contribution is -0.118. The van der Waals surface area contributed by atoms with Crippen LogP contribution in [0.5, 0.6) is 0 Å². The lowest BCUT2D eigenvalue weighted by Gasteiger charge is -1.98. The van der Waals surface area contributed by atoms with Crippen LogP contribution >= 0.6 is 11.8 Å². The quantitative estimate of drug-likeness (QED) is 0.220. The fourth-order valence-electron chi connectivity index (χ4n) is 0.507. The molecule has 1 amide bonds. The maximum atomic E-state index is 10.7. The molecular formula is C4H8N6OS. The molecular weight excluding hydrogens is 180 g/mol. The van der Waals surface area contributed by atoms with Crippen LogP contribution in [-0.4, -0.2) is 26.5 Å². The predicted molar refractivity (Wildman–Crippen MR) is 43.2 cm³/mol. The number of aromatic nitrogens is 3. The molecule has 0 aromatic carbocycles. The molecule has 0 atom stereocenters. The summed E-state index contributed by atoms with van der Waals surface area (Å²) < 4.78 is 1.23. The highest BCUT2D eigenvalue weighted by molar-refractivity contribution is 7.99. The van der Waals surface area contributed by atoms with Gasteiger partial charge in [0.2, 0.25) is 11.1 Å². The van der Waals surface area contributed by atoms with Crippen molar-refractivity contribution in [2.75, 3.05) is 11.6 Å². The van der Waals surface area contributed by atoms with Gasteiger partial charge in [0.15, 0.2) is 0 Å². The molecule has 1 rings (SSSR count). The van der Waals surface area contributed by atoms with E-state index >= 15 is 0 Å². The number of hydrogen-bond donors (Lipinski definition) is 3. The van der Waals surface area contributed by atoms with Crippen LogP contribution in [0.15, 0.2) is 11.5 Å².